The Bertz CT molecular complexity index is 582. The number of hydrogen-bond donors (Lipinski definition) is 2. The molecule has 0 spiro atoms. The summed E-state index contributed by atoms with van der Waals surface area (Å²) in [5.41, 5.74) is 1.15. The van der Waals surface area contributed by atoms with Crippen molar-refractivity contribution in [3.05, 3.63) is 29.6 Å². The Hall–Kier alpha value is -1.66. The van der Waals surface area contributed by atoms with Gasteiger partial charge in [0.1, 0.15) is 5.82 Å². The molecular weight excluding hydrogens is 321 g/mol. The minimum absolute atomic E-state index is 0.177. The Morgan fingerprint density at radius 1 is 1.32 bits per heavy atom. The van der Waals surface area contributed by atoms with E-state index < -0.39 is 0 Å². The topological polar surface area (TPSA) is 53.6 Å². The third kappa shape index (κ3) is 5.16. The molecule has 2 fully saturated rings. The molecule has 3 rings (SSSR count). The minimum Gasteiger partial charge on any atom is -0.381 e. The highest BCUT2D eigenvalue weighted by Crippen LogP contribution is 2.18. The number of halogens is 1. The lowest BCUT2D eigenvalue weighted by Crippen LogP contribution is -2.47. The number of likely N-dealkylation sites (tertiary alicyclic amines) is 1. The standard InChI is InChI=1S/C19H28FN3O2/c1-2-15-3-4-17(11-18(15)20)22-19(24)21-16-5-8-23(9-6-16)12-14-7-10-25-13-14/h3-4,11,14,16H,2,5-10,12-13H2,1H3,(H2,21,22,24)/t14-/m0/s1. The van der Waals surface area contributed by atoms with Crippen molar-refractivity contribution in [3.8, 4) is 0 Å². The van der Waals surface area contributed by atoms with Gasteiger partial charge in [-0.15, -0.1) is 0 Å². The zero-order valence-electron chi connectivity index (χ0n) is 14.9. The first-order valence-electron chi connectivity index (χ1n) is 9.30. The van der Waals surface area contributed by atoms with Crippen molar-refractivity contribution in [1.29, 1.82) is 0 Å². The van der Waals surface area contributed by atoms with Gasteiger partial charge in [-0.1, -0.05) is 13.0 Å². The highest BCUT2D eigenvalue weighted by Gasteiger charge is 2.24. The molecule has 0 unspecified atom stereocenters. The van der Waals surface area contributed by atoms with Gasteiger partial charge in [0.05, 0.1) is 6.61 Å². The maximum Gasteiger partial charge on any atom is 0.319 e. The van der Waals surface area contributed by atoms with Crippen molar-refractivity contribution in [2.75, 3.05) is 38.2 Å². The van der Waals surface area contributed by atoms with E-state index in [-0.39, 0.29) is 17.9 Å². The average molecular weight is 349 g/mol. The molecule has 0 aliphatic carbocycles. The largest absolute Gasteiger partial charge is 0.381 e. The van der Waals surface area contributed by atoms with E-state index in [0.29, 0.717) is 23.6 Å². The fourth-order valence-electron chi connectivity index (χ4n) is 3.62. The smallest absolute Gasteiger partial charge is 0.319 e. The number of benzene rings is 1. The van der Waals surface area contributed by atoms with Gasteiger partial charge in [-0.2, -0.15) is 0 Å². The number of urea groups is 1. The van der Waals surface area contributed by atoms with Crippen LogP contribution < -0.4 is 10.6 Å². The molecule has 6 heteroatoms. The summed E-state index contributed by atoms with van der Waals surface area (Å²) in [6.07, 6.45) is 3.70. The van der Waals surface area contributed by atoms with Crippen LogP contribution in [0.1, 0.15) is 31.7 Å². The number of rotatable bonds is 5. The minimum atomic E-state index is -0.274. The average Bonchev–Trinajstić information content (AvgIpc) is 3.10. The van der Waals surface area contributed by atoms with Gasteiger partial charge in [-0.25, -0.2) is 9.18 Å². The van der Waals surface area contributed by atoms with E-state index >= 15 is 0 Å². The van der Waals surface area contributed by atoms with Gasteiger partial charge >= 0.3 is 6.03 Å². The van der Waals surface area contributed by atoms with E-state index in [2.05, 4.69) is 15.5 Å². The van der Waals surface area contributed by atoms with Crippen LogP contribution in [0.4, 0.5) is 14.9 Å². The number of carbonyl (C=O) groups is 1. The van der Waals surface area contributed by atoms with Crippen molar-refractivity contribution < 1.29 is 13.9 Å². The molecular formula is C19H28FN3O2. The van der Waals surface area contributed by atoms with Crippen LogP contribution in [-0.2, 0) is 11.2 Å². The van der Waals surface area contributed by atoms with Crippen molar-refractivity contribution in [1.82, 2.24) is 10.2 Å². The third-order valence-corrected chi connectivity index (χ3v) is 5.16. The first-order valence-corrected chi connectivity index (χ1v) is 9.30. The van der Waals surface area contributed by atoms with Gasteiger partial charge in [0.15, 0.2) is 0 Å². The lowest BCUT2D eigenvalue weighted by Gasteiger charge is -2.33. The number of nitrogens with zero attached hydrogens (tertiary/aromatic N) is 1. The quantitative estimate of drug-likeness (QED) is 0.859. The van der Waals surface area contributed by atoms with Crippen LogP contribution in [-0.4, -0.2) is 49.8 Å². The second kappa shape index (κ2) is 8.63. The molecule has 0 bridgehead atoms. The summed E-state index contributed by atoms with van der Waals surface area (Å²) in [5.74, 6) is 0.387. The lowest BCUT2D eigenvalue weighted by molar-refractivity contribution is 0.148. The van der Waals surface area contributed by atoms with Crippen molar-refractivity contribution in [2.45, 2.75) is 38.6 Å². The summed E-state index contributed by atoms with van der Waals surface area (Å²) in [6.45, 7) is 6.78. The number of amides is 2. The maximum atomic E-state index is 13.8. The fraction of sp³-hybridized carbons (Fsp3) is 0.632. The van der Waals surface area contributed by atoms with Crippen LogP contribution >= 0.6 is 0 Å². The molecule has 0 aromatic heterocycles. The second-order valence-electron chi connectivity index (χ2n) is 7.06. The normalized spacial score (nSPS) is 22.1. The van der Waals surface area contributed by atoms with Crippen molar-refractivity contribution in [2.24, 2.45) is 5.92 Å². The number of ether oxygens (including phenoxy) is 1. The molecule has 2 aliphatic rings. The molecule has 1 aromatic rings. The number of piperidine rings is 1. The van der Waals surface area contributed by atoms with Crippen molar-refractivity contribution in [3.63, 3.8) is 0 Å². The summed E-state index contributed by atoms with van der Waals surface area (Å²) in [7, 11) is 0. The van der Waals surface area contributed by atoms with Gasteiger partial charge < -0.3 is 20.3 Å². The number of anilines is 1. The lowest BCUT2D eigenvalue weighted by atomic mass is 10.0. The molecule has 138 valence electrons. The monoisotopic (exact) mass is 349 g/mol. The van der Waals surface area contributed by atoms with Crippen LogP contribution in [0.25, 0.3) is 0 Å². The molecule has 2 amide bonds. The fourth-order valence-corrected chi connectivity index (χ4v) is 3.62. The Labute approximate surface area is 148 Å². The molecule has 25 heavy (non-hydrogen) atoms. The van der Waals surface area contributed by atoms with E-state index in [1.165, 1.54) is 6.07 Å². The number of carbonyl (C=O) groups excluding carboxylic acids is 1. The van der Waals surface area contributed by atoms with Crippen LogP contribution in [0.3, 0.4) is 0 Å². The Balaban J connectivity index is 1.40. The van der Waals surface area contributed by atoms with Crippen LogP contribution in [0.5, 0.6) is 0 Å². The van der Waals surface area contributed by atoms with Gasteiger partial charge in [0, 0.05) is 38.0 Å². The second-order valence-corrected chi connectivity index (χ2v) is 7.06. The molecule has 1 atom stereocenters. The Morgan fingerprint density at radius 3 is 2.76 bits per heavy atom. The highest BCUT2D eigenvalue weighted by atomic mass is 19.1. The predicted octanol–water partition coefficient (Wildman–Crippen LogP) is 3.01. The number of aryl methyl sites for hydroxylation is 1. The Kier molecular flexibility index (Phi) is 6.26. The van der Waals surface area contributed by atoms with Gasteiger partial charge in [0.2, 0.25) is 0 Å². The Morgan fingerprint density at radius 2 is 2.12 bits per heavy atom. The summed E-state index contributed by atoms with van der Waals surface area (Å²) < 4.78 is 19.2. The molecule has 2 heterocycles. The van der Waals surface area contributed by atoms with Crippen molar-refractivity contribution >= 4 is 11.7 Å². The maximum absolute atomic E-state index is 13.8. The first-order chi connectivity index (χ1) is 12.1. The predicted molar refractivity (Wildman–Crippen MR) is 96.3 cm³/mol. The molecule has 0 saturated carbocycles. The van der Waals surface area contributed by atoms with Crippen LogP contribution in [0.15, 0.2) is 18.2 Å². The van der Waals surface area contributed by atoms with Gasteiger partial charge in [0.25, 0.3) is 0 Å². The molecule has 5 nitrogen and oxygen atoms in total. The molecule has 2 saturated heterocycles. The third-order valence-electron chi connectivity index (χ3n) is 5.16. The van der Waals surface area contributed by atoms with Crippen LogP contribution in [0.2, 0.25) is 0 Å². The molecule has 1 aromatic carbocycles. The zero-order valence-corrected chi connectivity index (χ0v) is 14.9. The summed E-state index contributed by atoms with van der Waals surface area (Å²) in [4.78, 5) is 14.6. The summed E-state index contributed by atoms with van der Waals surface area (Å²) in [6, 6.07) is 4.76. The van der Waals surface area contributed by atoms with E-state index in [1.807, 2.05) is 6.92 Å². The van der Waals surface area contributed by atoms with E-state index in [9.17, 15) is 9.18 Å². The van der Waals surface area contributed by atoms with Gasteiger partial charge in [-0.05, 0) is 49.3 Å². The first kappa shape index (κ1) is 18.1. The SMILES string of the molecule is CCc1ccc(NC(=O)NC2CCN(C[C@@H]3CCOC3)CC2)cc1F. The van der Waals surface area contributed by atoms with E-state index in [0.717, 1.165) is 52.1 Å². The van der Waals surface area contributed by atoms with E-state index in [4.69, 9.17) is 4.74 Å². The van der Waals surface area contributed by atoms with Gasteiger partial charge in [-0.3, -0.25) is 0 Å². The zero-order chi connectivity index (χ0) is 17.6. The summed E-state index contributed by atoms with van der Waals surface area (Å²) in [5, 5.41) is 5.74. The molecule has 2 N–H and O–H groups in total. The van der Waals surface area contributed by atoms with E-state index in [1.54, 1.807) is 12.1 Å². The number of hydrogen-bond acceptors (Lipinski definition) is 3. The molecule has 0 radical (unpaired) electrons. The molecule has 2 aliphatic heterocycles. The summed E-state index contributed by atoms with van der Waals surface area (Å²) >= 11 is 0. The van der Waals surface area contributed by atoms with Crippen LogP contribution in [0, 0.1) is 11.7 Å². The highest BCUT2D eigenvalue weighted by molar-refractivity contribution is 5.89. The number of nitrogens with one attached hydrogen (secondary N) is 2.